The zero-order valence-corrected chi connectivity index (χ0v) is 14.9. The highest BCUT2D eigenvalue weighted by Gasteiger charge is 2.25. The zero-order chi connectivity index (χ0) is 18.8. The normalized spacial score (nSPS) is 13.4. The summed E-state index contributed by atoms with van der Waals surface area (Å²) in [6, 6.07) is 9.40. The Morgan fingerprint density at radius 1 is 1.26 bits per heavy atom. The number of methoxy groups -OCH3 is 1. The number of H-pyrrole nitrogens is 1. The fourth-order valence-corrected chi connectivity index (χ4v) is 2.88. The number of carbonyl (C=O) groups excluding carboxylic acids is 2. The molecule has 0 unspecified atom stereocenters. The van der Waals surface area contributed by atoms with Crippen molar-refractivity contribution in [2.45, 2.75) is 25.3 Å². The van der Waals surface area contributed by atoms with Crippen LogP contribution >= 0.6 is 0 Å². The summed E-state index contributed by atoms with van der Waals surface area (Å²) in [6.45, 7) is 0. The van der Waals surface area contributed by atoms with E-state index < -0.39 is 0 Å². The zero-order valence-electron chi connectivity index (χ0n) is 14.9. The number of anilines is 1. The minimum absolute atomic E-state index is 0.118. The first kappa shape index (κ1) is 17.1. The second-order valence-corrected chi connectivity index (χ2v) is 6.64. The van der Waals surface area contributed by atoms with Gasteiger partial charge in [0.2, 0.25) is 5.91 Å². The van der Waals surface area contributed by atoms with Gasteiger partial charge in [0.1, 0.15) is 11.4 Å². The van der Waals surface area contributed by atoms with Crippen molar-refractivity contribution in [3.05, 3.63) is 53.9 Å². The SMILES string of the molecule is COc1ccc(CC(=O)Nc2cnc3[nH]cc(C(=O)NC4CC4)c3c2)cc1. The summed E-state index contributed by atoms with van der Waals surface area (Å²) < 4.78 is 5.12. The van der Waals surface area contributed by atoms with E-state index in [1.165, 1.54) is 0 Å². The Bertz CT molecular complexity index is 990. The second-order valence-electron chi connectivity index (χ2n) is 6.64. The molecule has 0 spiro atoms. The van der Waals surface area contributed by atoms with Crippen molar-refractivity contribution >= 4 is 28.5 Å². The third-order valence-electron chi connectivity index (χ3n) is 4.50. The number of ether oxygens (including phenoxy) is 1. The number of benzene rings is 1. The van der Waals surface area contributed by atoms with E-state index in [1.54, 1.807) is 25.6 Å². The predicted molar refractivity (Wildman–Crippen MR) is 102 cm³/mol. The van der Waals surface area contributed by atoms with Gasteiger partial charge in [-0.3, -0.25) is 9.59 Å². The van der Waals surface area contributed by atoms with Crippen molar-refractivity contribution in [3.8, 4) is 5.75 Å². The fraction of sp³-hybridized carbons (Fsp3) is 0.250. The number of hydrogen-bond donors (Lipinski definition) is 3. The Kier molecular flexibility index (Phi) is 4.50. The molecule has 1 aliphatic carbocycles. The standard InChI is InChI=1S/C20H20N4O3/c1-27-15-6-2-12(3-7-15)8-18(25)23-14-9-16-17(11-22-19(16)21-10-14)20(26)24-13-4-5-13/h2-3,6-7,9-11,13H,4-5,8H2,1H3,(H,21,22)(H,23,25)(H,24,26). The van der Waals surface area contributed by atoms with Crippen LogP contribution in [0.4, 0.5) is 5.69 Å². The lowest BCUT2D eigenvalue weighted by atomic mass is 10.1. The van der Waals surface area contributed by atoms with E-state index in [1.807, 2.05) is 24.3 Å². The third kappa shape index (κ3) is 3.92. The lowest BCUT2D eigenvalue weighted by Crippen LogP contribution is -2.25. The van der Waals surface area contributed by atoms with E-state index in [-0.39, 0.29) is 24.3 Å². The first-order chi connectivity index (χ1) is 13.1. The molecule has 0 bridgehead atoms. The highest BCUT2D eigenvalue weighted by atomic mass is 16.5. The molecule has 7 nitrogen and oxygen atoms in total. The molecule has 138 valence electrons. The molecule has 1 saturated carbocycles. The summed E-state index contributed by atoms with van der Waals surface area (Å²) >= 11 is 0. The maximum atomic E-state index is 12.3. The molecule has 2 heterocycles. The minimum atomic E-state index is -0.152. The van der Waals surface area contributed by atoms with E-state index in [2.05, 4.69) is 20.6 Å². The van der Waals surface area contributed by atoms with Gasteiger partial charge in [-0.15, -0.1) is 0 Å². The highest BCUT2D eigenvalue weighted by Crippen LogP contribution is 2.23. The van der Waals surface area contributed by atoms with Gasteiger partial charge in [-0.1, -0.05) is 12.1 Å². The molecule has 2 amide bonds. The van der Waals surface area contributed by atoms with Crippen LogP contribution in [0, 0.1) is 0 Å². The van der Waals surface area contributed by atoms with Crippen LogP contribution in [0.3, 0.4) is 0 Å². The van der Waals surface area contributed by atoms with Crippen LogP contribution in [0.5, 0.6) is 5.75 Å². The molecule has 1 fully saturated rings. The third-order valence-corrected chi connectivity index (χ3v) is 4.50. The molecular weight excluding hydrogens is 344 g/mol. The summed E-state index contributed by atoms with van der Waals surface area (Å²) in [5.41, 5.74) is 2.59. The van der Waals surface area contributed by atoms with Crippen molar-refractivity contribution < 1.29 is 14.3 Å². The van der Waals surface area contributed by atoms with Crippen molar-refractivity contribution in [1.29, 1.82) is 0 Å². The number of hydrogen-bond acceptors (Lipinski definition) is 4. The number of nitrogens with one attached hydrogen (secondary N) is 3. The lowest BCUT2D eigenvalue weighted by molar-refractivity contribution is -0.115. The van der Waals surface area contributed by atoms with Gasteiger partial charge in [0, 0.05) is 17.6 Å². The number of aromatic nitrogens is 2. The second kappa shape index (κ2) is 7.11. The average Bonchev–Trinajstić information content (AvgIpc) is 3.38. The van der Waals surface area contributed by atoms with Gasteiger partial charge in [0.15, 0.2) is 0 Å². The number of carbonyl (C=O) groups is 2. The van der Waals surface area contributed by atoms with Crippen LogP contribution in [-0.4, -0.2) is 34.9 Å². The monoisotopic (exact) mass is 364 g/mol. The topological polar surface area (TPSA) is 96.1 Å². The maximum absolute atomic E-state index is 12.3. The summed E-state index contributed by atoms with van der Waals surface area (Å²) in [7, 11) is 1.60. The number of amides is 2. The summed E-state index contributed by atoms with van der Waals surface area (Å²) in [5, 5.41) is 6.50. The van der Waals surface area contributed by atoms with Gasteiger partial charge >= 0.3 is 0 Å². The van der Waals surface area contributed by atoms with Crippen molar-refractivity contribution in [2.24, 2.45) is 0 Å². The Morgan fingerprint density at radius 2 is 2.04 bits per heavy atom. The van der Waals surface area contributed by atoms with Gasteiger partial charge in [0.05, 0.1) is 31.0 Å². The molecule has 3 aromatic rings. The fourth-order valence-electron chi connectivity index (χ4n) is 2.88. The Morgan fingerprint density at radius 3 is 2.74 bits per heavy atom. The van der Waals surface area contributed by atoms with Crippen LogP contribution < -0.4 is 15.4 Å². The summed E-state index contributed by atoms with van der Waals surface area (Å²) in [5.74, 6) is 0.478. The molecule has 0 radical (unpaired) electrons. The average molecular weight is 364 g/mol. The first-order valence-corrected chi connectivity index (χ1v) is 8.83. The molecule has 1 aliphatic rings. The molecule has 0 atom stereocenters. The smallest absolute Gasteiger partial charge is 0.253 e. The lowest BCUT2D eigenvalue weighted by Gasteiger charge is -2.07. The van der Waals surface area contributed by atoms with Crippen LogP contribution in [0.2, 0.25) is 0 Å². The van der Waals surface area contributed by atoms with E-state index >= 15 is 0 Å². The number of aromatic amines is 1. The maximum Gasteiger partial charge on any atom is 0.253 e. The molecule has 4 rings (SSSR count). The van der Waals surface area contributed by atoms with Gasteiger partial charge < -0.3 is 20.4 Å². The largest absolute Gasteiger partial charge is 0.497 e. The van der Waals surface area contributed by atoms with Crippen LogP contribution in [0.1, 0.15) is 28.8 Å². The molecule has 3 N–H and O–H groups in total. The molecule has 0 saturated heterocycles. The summed E-state index contributed by atoms with van der Waals surface area (Å²) in [6.07, 6.45) is 5.52. The van der Waals surface area contributed by atoms with Gasteiger partial charge in [-0.2, -0.15) is 0 Å². The van der Waals surface area contributed by atoms with Crippen molar-refractivity contribution in [3.63, 3.8) is 0 Å². The number of nitrogens with zero attached hydrogens (tertiary/aromatic N) is 1. The van der Waals surface area contributed by atoms with Gasteiger partial charge in [0.25, 0.3) is 5.91 Å². The first-order valence-electron chi connectivity index (χ1n) is 8.83. The Labute approximate surface area is 156 Å². The molecule has 1 aromatic carbocycles. The van der Waals surface area contributed by atoms with Crippen molar-refractivity contribution in [1.82, 2.24) is 15.3 Å². The molecule has 0 aliphatic heterocycles. The Balaban J connectivity index is 1.47. The summed E-state index contributed by atoms with van der Waals surface area (Å²) in [4.78, 5) is 32.0. The van der Waals surface area contributed by atoms with Crippen molar-refractivity contribution in [2.75, 3.05) is 12.4 Å². The molecule has 2 aromatic heterocycles. The van der Waals surface area contributed by atoms with E-state index in [9.17, 15) is 9.59 Å². The quantitative estimate of drug-likeness (QED) is 0.626. The Hall–Kier alpha value is -3.35. The van der Waals surface area contributed by atoms with E-state index in [0.29, 0.717) is 22.3 Å². The molecule has 7 heteroatoms. The van der Waals surface area contributed by atoms with E-state index in [0.717, 1.165) is 24.2 Å². The van der Waals surface area contributed by atoms with Gasteiger partial charge in [-0.05, 0) is 36.6 Å². The number of rotatable bonds is 6. The minimum Gasteiger partial charge on any atom is -0.497 e. The molecular formula is C20H20N4O3. The van der Waals surface area contributed by atoms with E-state index in [4.69, 9.17) is 4.74 Å². The van der Waals surface area contributed by atoms with Crippen LogP contribution in [-0.2, 0) is 11.2 Å². The number of pyridine rings is 1. The highest BCUT2D eigenvalue weighted by molar-refractivity contribution is 6.07. The van der Waals surface area contributed by atoms with Crippen LogP contribution in [0.15, 0.2) is 42.7 Å². The molecule has 27 heavy (non-hydrogen) atoms. The number of fused-ring (bicyclic) bond motifs is 1. The predicted octanol–water partition coefficient (Wildman–Crippen LogP) is 2.64. The van der Waals surface area contributed by atoms with Gasteiger partial charge in [-0.25, -0.2) is 4.98 Å². The van der Waals surface area contributed by atoms with Crippen LogP contribution in [0.25, 0.3) is 11.0 Å².